The molecular formula is C16H30N2OS. The third-order valence-corrected chi connectivity index (χ3v) is 6.63. The van der Waals surface area contributed by atoms with Gasteiger partial charge in [-0.05, 0) is 64.4 Å². The number of piperidine rings is 1. The fourth-order valence-electron chi connectivity index (χ4n) is 4.27. The molecule has 0 radical (unpaired) electrons. The van der Waals surface area contributed by atoms with Crippen molar-refractivity contribution in [2.75, 3.05) is 38.2 Å². The van der Waals surface area contributed by atoms with E-state index >= 15 is 0 Å². The van der Waals surface area contributed by atoms with Crippen LogP contribution in [0.4, 0.5) is 0 Å². The normalized spacial score (nSPS) is 39.5. The second kappa shape index (κ2) is 6.99. The lowest BCUT2D eigenvalue weighted by Crippen LogP contribution is -2.53. The molecule has 0 bridgehead atoms. The van der Waals surface area contributed by atoms with Gasteiger partial charge in [0.15, 0.2) is 0 Å². The lowest BCUT2D eigenvalue weighted by molar-refractivity contribution is -0.0989. The van der Waals surface area contributed by atoms with E-state index in [0.717, 1.165) is 25.2 Å². The number of hydrogen-bond acceptors (Lipinski definition) is 4. The molecule has 0 aliphatic carbocycles. The first-order valence-electron chi connectivity index (χ1n) is 8.45. The topological polar surface area (TPSA) is 24.5 Å². The molecule has 3 heterocycles. The number of hydrogen-bond donors (Lipinski definition) is 1. The minimum atomic E-state index is 0.235. The van der Waals surface area contributed by atoms with Crippen molar-refractivity contribution in [2.24, 2.45) is 0 Å². The number of rotatable bonds is 4. The highest BCUT2D eigenvalue weighted by Crippen LogP contribution is 2.40. The first-order chi connectivity index (χ1) is 9.83. The Morgan fingerprint density at radius 2 is 2.30 bits per heavy atom. The molecule has 3 rings (SSSR count). The van der Waals surface area contributed by atoms with Gasteiger partial charge in [-0.1, -0.05) is 6.42 Å². The van der Waals surface area contributed by atoms with Crippen LogP contribution < -0.4 is 5.32 Å². The monoisotopic (exact) mass is 298 g/mol. The second-order valence-electron chi connectivity index (χ2n) is 6.76. The van der Waals surface area contributed by atoms with Crippen LogP contribution in [0.2, 0.25) is 0 Å². The molecule has 3 fully saturated rings. The van der Waals surface area contributed by atoms with Gasteiger partial charge in [0.25, 0.3) is 0 Å². The smallest absolute Gasteiger partial charge is 0.0795 e. The zero-order valence-corrected chi connectivity index (χ0v) is 13.7. The fourth-order valence-corrected chi connectivity index (χ4v) is 5.65. The van der Waals surface area contributed by atoms with Crippen molar-refractivity contribution in [3.63, 3.8) is 0 Å². The minimum Gasteiger partial charge on any atom is -0.374 e. The standard InChI is InChI=1S/C16H30N2OS/c1-17-8-5-14-4-2-3-9-18(14)15-6-10-19-16(12-15)7-11-20-13-16/h14-15,17H,2-13H2,1H3. The molecule has 0 aromatic heterocycles. The van der Waals surface area contributed by atoms with E-state index in [-0.39, 0.29) is 5.60 Å². The van der Waals surface area contributed by atoms with Gasteiger partial charge in [0.05, 0.1) is 5.60 Å². The molecule has 3 atom stereocenters. The minimum absolute atomic E-state index is 0.235. The number of ether oxygens (including phenoxy) is 1. The Balaban J connectivity index is 1.63. The molecule has 0 aromatic carbocycles. The quantitative estimate of drug-likeness (QED) is 0.862. The summed E-state index contributed by atoms with van der Waals surface area (Å²) < 4.78 is 6.20. The number of nitrogens with one attached hydrogen (secondary N) is 1. The molecule has 1 N–H and O–H groups in total. The summed E-state index contributed by atoms with van der Waals surface area (Å²) in [6.07, 6.45) is 9.36. The van der Waals surface area contributed by atoms with Crippen molar-refractivity contribution in [3.8, 4) is 0 Å². The molecule has 20 heavy (non-hydrogen) atoms. The van der Waals surface area contributed by atoms with Crippen molar-refractivity contribution < 1.29 is 4.74 Å². The molecule has 0 aromatic rings. The van der Waals surface area contributed by atoms with Crippen LogP contribution in [0, 0.1) is 0 Å². The summed E-state index contributed by atoms with van der Waals surface area (Å²) >= 11 is 2.09. The van der Waals surface area contributed by atoms with E-state index in [1.807, 2.05) is 0 Å². The van der Waals surface area contributed by atoms with Crippen molar-refractivity contribution in [1.82, 2.24) is 10.2 Å². The molecule has 3 saturated heterocycles. The zero-order valence-electron chi connectivity index (χ0n) is 12.9. The van der Waals surface area contributed by atoms with Crippen molar-refractivity contribution in [3.05, 3.63) is 0 Å². The average molecular weight is 298 g/mol. The van der Waals surface area contributed by atoms with Gasteiger partial charge in [-0.3, -0.25) is 4.90 Å². The van der Waals surface area contributed by atoms with Crippen molar-refractivity contribution >= 4 is 11.8 Å². The second-order valence-corrected chi connectivity index (χ2v) is 7.87. The Hall–Kier alpha value is 0.230. The molecule has 3 unspecified atom stereocenters. The van der Waals surface area contributed by atoms with Gasteiger partial charge < -0.3 is 10.1 Å². The van der Waals surface area contributed by atoms with E-state index in [0.29, 0.717) is 0 Å². The van der Waals surface area contributed by atoms with Crippen molar-refractivity contribution in [1.29, 1.82) is 0 Å². The number of thioether (sulfide) groups is 1. The van der Waals surface area contributed by atoms with Gasteiger partial charge in [-0.25, -0.2) is 0 Å². The Labute approximate surface area is 128 Å². The molecule has 3 nitrogen and oxygen atoms in total. The summed E-state index contributed by atoms with van der Waals surface area (Å²) in [5, 5.41) is 3.33. The predicted molar refractivity (Wildman–Crippen MR) is 86.5 cm³/mol. The highest BCUT2D eigenvalue weighted by Gasteiger charge is 2.43. The SMILES string of the molecule is CNCCC1CCCCN1C1CCOC2(CCSC2)C1. The zero-order chi connectivity index (χ0) is 13.8. The summed E-state index contributed by atoms with van der Waals surface area (Å²) in [6.45, 7) is 3.47. The fraction of sp³-hybridized carbons (Fsp3) is 1.00. The first-order valence-corrected chi connectivity index (χ1v) is 9.60. The maximum absolute atomic E-state index is 6.20. The molecule has 116 valence electrons. The van der Waals surface area contributed by atoms with Gasteiger partial charge >= 0.3 is 0 Å². The van der Waals surface area contributed by atoms with Crippen molar-refractivity contribution in [2.45, 2.75) is 62.6 Å². The van der Waals surface area contributed by atoms with Crippen LogP contribution in [0.3, 0.4) is 0 Å². The molecule has 1 spiro atoms. The first kappa shape index (κ1) is 15.1. The van der Waals surface area contributed by atoms with E-state index in [1.54, 1.807) is 0 Å². The summed E-state index contributed by atoms with van der Waals surface area (Å²) in [5.74, 6) is 2.54. The van der Waals surface area contributed by atoms with Crippen LogP contribution in [-0.2, 0) is 4.74 Å². The van der Waals surface area contributed by atoms with E-state index in [4.69, 9.17) is 4.74 Å². The lowest BCUT2D eigenvalue weighted by atomic mass is 9.86. The van der Waals surface area contributed by atoms with Crippen LogP contribution in [0.25, 0.3) is 0 Å². The molecule has 3 aliphatic heterocycles. The summed E-state index contributed by atoms with van der Waals surface area (Å²) in [7, 11) is 2.08. The van der Waals surface area contributed by atoms with Gasteiger partial charge in [0, 0.05) is 24.4 Å². The van der Waals surface area contributed by atoms with E-state index < -0.39 is 0 Å². The number of likely N-dealkylation sites (tertiary alicyclic amines) is 1. The van der Waals surface area contributed by atoms with E-state index in [2.05, 4.69) is 29.0 Å². The van der Waals surface area contributed by atoms with Gasteiger partial charge in [-0.15, -0.1) is 0 Å². The van der Waals surface area contributed by atoms with Gasteiger partial charge in [0.1, 0.15) is 0 Å². The van der Waals surface area contributed by atoms with Crippen LogP contribution in [0.1, 0.15) is 44.9 Å². The predicted octanol–water partition coefficient (Wildman–Crippen LogP) is 2.51. The molecule has 0 amide bonds. The van der Waals surface area contributed by atoms with Crippen LogP contribution in [0.5, 0.6) is 0 Å². The highest BCUT2D eigenvalue weighted by molar-refractivity contribution is 7.99. The molecular weight excluding hydrogens is 268 g/mol. The van der Waals surface area contributed by atoms with E-state index in [1.165, 1.54) is 63.0 Å². The summed E-state index contributed by atoms with van der Waals surface area (Å²) in [5.41, 5.74) is 0.235. The highest BCUT2D eigenvalue weighted by atomic mass is 32.2. The largest absolute Gasteiger partial charge is 0.374 e. The lowest BCUT2D eigenvalue weighted by Gasteiger charge is -2.47. The van der Waals surface area contributed by atoms with E-state index in [9.17, 15) is 0 Å². The average Bonchev–Trinajstić information content (AvgIpc) is 2.93. The number of nitrogens with zero attached hydrogens (tertiary/aromatic N) is 1. The Kier molecular flexibility index (Phi) is 5.29. The summed E-state index contributed by atoms with van der Waals surface area (Å²) in [4.78, 5) is 2.86. The third-order valence-electron chi connectivity index (χ3n) is 5.40. The van der Waals surface area contributed by atoms with Crippen LogP contribution >= 0.6 is 11.8 Å². The van der Waals surface area contributed by atoms with Gasteiger partial charge in [-0.2, -0.15) is 11.8 Å². The van der Waals surface area contributed by atoms with Crippen LogP contribution in [0.15, 0.2) is 0 Å². The molecule has 3 aliphatic rings. The Bertz CT molecular complexity index is 307. The Morgan fingerprint density at radius 3 is 3.10 bits per heavy atom. The van der Waals surface area contributed by atoms with Gasteiger partial charge in [0.2, 0.25) is 0 Å². The van der Waals surface area contributed by atoms with Crippen LogP contribution in [-0.4, -0.2) is 60.8 Å². The summed E-state index contributed by atoms with van der Waals surface area (Å²) in [6, 6.07) is 1.59. The Morgan fingerprint density at radius 1 is 1.35 bits per heavy atom. The maximum Gasteiger partial charge on any atom is 0.0795 e. The third kappa shape index (κ3) is 3.34. The molecule has 0 saturated carbocycles. The molecule has 4 heteroatoms. The maximum atomic E-state index is 6.20.